The predicted molar refractivity (Wildman–Crippen MR) is 79.6 cm³/mol. The lowest BCUT2D eigenvalue weighted by atomic mass is 10.1. The third-order valence-electron chi connectivity index (χ3n) is 3.30. The Kier molecular flexibility index (Phi) is 4.08. The molecule has 1 N–H and O–H groups in total. The van der Waals surface area contributed by atoms with E-state index in [9.17, 15) is 8.42 Å². The van der Waals surface area contributed by atoms with Crippen LogP contribution in [0.4, 0.5) is 0 Å². The second-order valence-electron chi connectivity index (χ2n) is 5.16. The normalized spacial score (nSPS) is 15.5. The number of rotatable bonds is 5. The van der Waals surface area contributed by atoms with Crippen LogP contribution in [0, 0.1) is 0 Å². The molecule has 1 aliphatic rings. The van der Waals surface area contributed by atoms with Gasteiger partial charge in [0.15, 0.2) is 11.5 Å². The van der Waals surface area contributed by atoms with E-state index in [1.807, 2.05) is 13.0 Å². The first-order valence-corrected chi connectivity index (χ1v) is 8.46. The van der Waals surface area contributed by atoms with Gasteiger partial charge in [0.1, 0.15) is 13.2 Å². The first kappa shape index (κ1) is 14.9. The van der Waals surface area contributed by atoms with Crippen molar-refractivity contribution in [2.24, 2.45) is 0 Å². The topological polar surface area (TPSA) is 77.8 Å². The summed E-state index contributed by atoms with van der Waals surface area (Å²) in [4.78, 5) is 0.163. The van der Waals surface area contributed by atoms with Crippen molar-refractivity contribution in [3.8, 4) is 11.5 Å². The van der Waals surface area contributed by atoms with Gasteiger partial charge in [0.2, 0.25) is 10.0 Å². The Labute approximate surface area is 129 Å². The van der Waals surface area contributed by atoms with Gasteiger partial charge in [-0.25, -0.2) is 13.1 Å². The molecule has 1 aromatic carbocycles. The van der Waals surface area contributed by atoms with Crippen LogP contribution in [0.25, 0.3) is 0 Å². The van der Waals surface area contributed by atoms with Crippen LogP contribution in [-0.2, 0) is 16.4 Å². The molecule has 1 atom stereocenters. The fourth-order valence-corrected chi connectivity index (χ4v) is 3.59. The number of sulfonamides is 1. The first-order valence-electron chi connectivity index (χ1n) is 6.98. The highest BCUT2D eigenvalue weighted by Crippen LogP contribution is 2.32. The molecule has 2 aromatic rings. The van der Waals surface area contributed by atoms with Crippen molar-refractivity contribution >= 4 is 10.0 Å². The Hall–Kier alpha value is -1.99. The fourth-order valence-electron chi connectivity index (χ4n) is 2.33. The standard InChI is InChI=1S/C15H17NO5S/c1-11(8-12-4-5-19-10-12)16-22(17,18)13-2-3-14-15(9-13)21-7-6-20-14/h2-5,9-11,16H,6-8H2,1H3. The molecule has 22 heavy (non-hydrogen) atoms. The van der Waals surface area contributed by atoms with Gasteiger partial charge in [0.25, 0.3) is 0 Å². The van der Waals surface area contributed by atoms with Gasteiger partial charge in [-0.1, -0.05) is 0 Å². The smallest absolute Gasteiger partial charge is 0.240 e. The van der Waals surface area contributed by atoms with E-state index in [-0.39, 0.29) is 10.9 Å². The lowest BCUT2D eigenvalue weighted by molar-refractivity contribution is 0.171. The molecule has 0 spiro atoms. The molecular formula is C15H17NO5S. The number of hydrogen-bond donors (Lipinski definition) is 1. The van der Waals surface area contributed by atoms with Crippen LogP contribution in [-0.4, -0.2) is 27.7 Å². The maximum atomic E-state index is 12.4. The average molecular weight is 323 g/mol. The largest absolute Gasteiger partial charge is 0.486 e. The molecule has 6 nitrogen and oxygen atoms in total. The Morgan fingerprint density at radius 2 is 1.95 bits per heavy atom. The number of fused-ring (bicyclic) bond motifs is 1. The van der Waals surface area contributed by atoms with E-state index < -0.39 is 10.0 Å². The molecule has 1 aromatic heterocycles. The van der Waals surface area contributed by atoms with Crippen molar-refractivity contribution in [3.05, 3.63) is 42.4 Å². The second kappa shape index (κ2) is 6.02. The Balaban J connectivity index is 1.74. The van der Waals surface area contributed by atoms with Crippen LogP contribution >= 0.6 is 0 Å². The number of furan rings is 1. The molecule has 7 heteroatoms. The molecule has 0 radical (unpaired) electrons. The monoisotopic (exact) mass is 323 g/mol. The SMILES string of the molecule is CC(Cc1ccoc1)NS(=O)(=O)c1ccc2c(c1)OCCO2. The summed E-state index contributed by atoms with van der Waals surface area (Å²) >= 11 is 0. The van der Waals surface area contributed by atoms with Crippen molar-refractivity contribution in [2.45, 2.75) is 24.3 Å². The van der Waals surface area contributed by atoms with Gasteiger partial charge in [-0.2, -0.15) is 0 Å². The van der Waals surface area contributed by atoms with Crippen LogP contribution in [0.2, 0.25) is 0 Å². The minimum atomic E-state index is -3.61. The Morgan fingerprint density at radius 3 is 2.68 bits per heavy atom. The highest BCUT2D eigenvalue weighted by molar-refractivity contribution is 7.89. The van der Waals surface area contributed by atoms with Crippen LogP contribution < -0.4 is 14.2 Å². The van der Waals surface area contributed by atoms with Gasteiger partial charge < -0.3 is 13.9 Å². The zero-order valence-corrected chi connectivity index (χ0v) is 12.9. The van der Waals surface area contributed by atoms with Crippen molar-refractivity contribution in [1.29, 1.82) is 0 Å². The number of nitrogens with one attached hydrogen (secondary N) is 1. The van der Waals surface area contributed by atoms with Gasteiger partial charge >= 0.3 is 0 Å². The summed E-state index contributed by atoms with van der Waals surface area (Å²) in [6.07, 6.45) is 3.73. The lowest BCUT2D eigenvalue weighted by Gasteiger charge is -2.19. The van der Waals surface area contributed by atoms with Crippen LogP contribution in [0.5, 0.6) is 11.5 Å². The maximum Gasteiger partial charge on any atom is 0.240 e. The van der Waals surface area contributed by atoms with Crippen molar-refractivity contribution < 1.29 is 22.3 Å². The number of ether oxygens (including phenoxy) is 2. The quantitative estimate of drug-likeness (QED) is 0.910. The predicted octanol–water partition coefficient (Wildman–Crippen LogP) is 1.96. The molecule has 3 rings (SSSR count). The highest BCUT2D eigenvalue weighted by Gasteiger charge is 2.21. The molecule has 0 saturated carbocycles. The molecule has 2 heterocycles. The second-order valence-corrected chi connectivity index (χ2v) is 6.88. The van der Waals surface area contributed by atoms with Crippen LogP contribution in [0.3, 0.4) is 0 Å². The van der Waals surface area contributed by atoms with E-state index in [1.54, 1.807) is 18.6 Å². The zero-order chi connectivity index (χ0) is 15.6. The number of benzene rings is 1. The molecule has 1 aliphatic heterocycles. The molecule has 0 bridgehead atoms. The van der Waals surface area contributed by atoms with Gasteiger partial charge in [0.05, 0.1) is 17.4 Å². The summed E-state index contributed by atoms with van der Waals surface area (Å²) in [6.45, 7) is 2.70. The van der Waals surface area contributed by atoms with Gasteiger partial charge in [-0.05, 0) is 37.1 Å². The molecule has 0 aliphatic carbocycles. The first-order chi connectivity index (χ1) is 10.5. The summed E-state index contributed by atoms with van der Waals surface area (Å²) < 4.78 is 43.3. The summed E-state index contributed by atoms with van der Waals surface area (Å²) in [6, 6.07) is 6.18. The Bertz CT molecular complexity index is 739. The molecule has 0 fully saturated rings. The van der Waals surface area contributed by atoms with Gasteiger partial charge in [-0.15, -0.1) is 0 Å². The summed E-state index contributed by atoms with van der Waals surface area (Å²) in [5, 5.41) is 0. The summed E-state index contributed by atoms with van der Waals surface area (Å²) in [5.41, 5.74) is 0.942. The minimum absolute atomic E-state index is 0.163. The number of hydrogen-bond acceptors (Lipinski definition) is 5. The lowest BCUT2D eigenvalue weighted by Crippen LogP contribution is -2.34. The van der Waals surface area contributed by atoms with Crippen molar-refractivity contribution in [3.63, 3.8) is 0 Å². The molecule has 1 unspecified atom stereocenters. The van der Waals surface area contributed by atoms with Crippen molar-refractivity contribution in [2.75, 3.05) is 13.2 Å². The minimum Gasteiger partial charge on any atom is -0.486 e. The van der Waals surface area contributed by atoms with Gasteiger partial charge in [0, 0.05) is 12.1 Å². The zero-order valence-electron chi connectivity index (χ0n) is 12.1. The van der Waals surface area contributed by atoms with Crippen LogP contribution in [0.1, 0.15) is 12.5 Å². The third kappa shape index (κ3) is 3.26. The molecule has 118 valence electrons. The Morgan fingerprint density at radius 1 is 1.18 bits per heavy atom. The third-order valence-corrected chi connectivity index (χ3v) is 4.89. The van der Waals surface area contributed by atoms with E-state index in [0.29, 0.717) is 31.1 Å². The van der Waals surface area contributed by atoms with Gasteiger partial charge in [-0.3, -0.25) is 0 Å². The highest BCUT2D eigenvalue weighted by atomic mass is 32.2. The summed E-state index contributed by atoms with van der Waals surface area (Å²) in [7, 11) is -3.61. The van der Waals surface area contributed by atoms with Crippen LogP contribution in [0.15, 0.2) is 46.1 Å². The molecule has 0 amide bonds. The average Bonchev–Trinajstić information content (AvgIpc) is 2.99. The van der Waals surface area contributed by atoms with E-state index in [1.165, 1.54) is 12.1 Å². The van der Waals surface area contributed by atoms with E-state index in [0.717, 1.165) is 5.56 Å². The van der Waals surface area contributed by atoms with E-state index in [4.69, 9.17) is 13.9 Å². The van der Waals surface area contributed by atoms with Crippen molar-refractivity contribution in [1.82, 2.24) is 4.72 Å². The fraction of sp³-hybridized carbons (Fsp3) is 0.333. The maximum absolute atomic E-state index is 12.4. The summed E-state index contributed by atoms with van der Waals surface area (Å²) in [5.74, 6) is 1.02. The molecule has 0 saturated heterocycles. The van der Waals surface area contributed by atoms with E-state index in [2.05, 4.69) is 4.72 Å². The van der Waals surface area contributed by atoms with E-state index >= 15 is 0 Å². The molecular weight excluding hydrogens is 306 g/mol.